The summed E-state index contributed by atoms with van der Waals surface area (Å²) in [6.07, 6.45) is 1.45. The summed E-state index contributed by atoms with van der Waals surface area (Å²) in [7, 11) is 3.55. The maximum absolute atomic E-state index is 12.5. The van der Waals surface area contributed by atoms with E-state index in [2.05, 4.69) is 0 Å². The number of nitrogens with two attached hydrogens (primary N) is 1. The smallest absolute Gasteiger partial charge is 0.253 e. The summed E-state index contributed by atoms with van der Waals surface area (Å²) in [5.74, 6) is 0.190. The Balaban J connectivity index is 2.02. The monoisotopic (exact) mass is 289 g/mol. The summed E-state index contributed by atoms with van der Waals surface area (Å²) in [4.78, 5) is 27.9. The number of carbonyl (C=O) groups excluding carboxylic acids is 2. The first-order chi connectivity index (χ1) is 9.88. The molecule has 0 aliphatic carbocycles. The number of benzene rings is 1. The van der Waals surface area contributed by atoms with Gasteiger partial charge in [0.05, 0.1) is 0 Å². The minimum Gasteiger partial charge on any atom is -0.399 e. The van der Waals surface area contributed by atoms with Crippen LogP contribution < -0.4 is 5.73 Å². The van der Waals surface area contributed by atoms with Crippen LogP contribution in [0.2, 0.25) is 0 Å². The fraction of sp³-hybridized carbons (Fsp3) is 0.500. The number of nitrogens with zero attached hydrogens (tertiary/aromatic N) is 2. The number of piperidine rings is 1. The number of rotatable bonds is 2. The number of carbonyl (C=O) groups is 2. The Morgan fingerprint density at radius 1 is 1.19 bits per heavy atom. The van der Waals surface area contributed by atoms with Gasteiger partial charge in [-0.05, 0) is 43.5 Å². The van der Waals surface area contributed by atoms with Gasteiger partial charge >= 0.3 is 0 Å². The van der Waals surface area contributed by atoms with Crippen molar-refractivity contribution in [2.75, 3.05) is 32.9 Å². The fourth-order valence-electron chi connectivity index (χ4n) is 2.81. The molecule has 1 heterocycles. The van der Waals surface area contributed by atoms with E-state index in [4.69, 9.17) is 5.73 Å². The molecule has 21 heavy (non-hydrogen) atoms. The molecular formula is C16H23N3O2. The van der Waals surface area contributed by atoms with Crippen molar-refractivity contribution >= 4 is 17.5 Å². The highest BCUT2D eigenvalue weighted by atomic mass is 16.2. The number of hydrogen-bond acceptors (Lipinski definition) is 3. The maximum atomic E-state index is 12.5. The molecule has 2 amide bonds. The third-order valence-corrected chi connectivity index (χ3v) is 3.92. The summed E-state index contributed by atoms with van der Waals surface area (Å²) in [6.45, 7) is 3.17. The third-order valence-electron chi connectivity index (χ3n) is 3.92. The number of aryl methyl sites for hydroxylation is 1. The van der Waals surface area contributed by atoms with Crippen LogP contribution in [0.3, 0.4) is 0 Å². The Kier molecular flexibility index (Phi) is 4.50. The number of amides is 2. The molecule has 0 saturated carbocycles. The predicted octanol–water partition coefficient (Wildman–Crippen LogP) is 1.52. The maximum Gasteiger partial charge on any atom is 0.253 e. The molecule has 1 aromatic carbocycles. The van der Waals surface area contributed by atoms with Gasteiger partial charge in [0.25, 0.3) is 5.91 Å². The highest BCUT2D eigenvalue weighted by Crippen LogP contribution is 2.21. The van der Waals surface area contributed by atoms with Crippen LogP contribution in [0.5, 0.6) is 0 Å². The van der Waals surface area contributed by atoms with Crippen molar-refractivity contribution in [2.45, 2.75) is 19.8 Å². The van der Waals surface area contributed by atoms with Crippen LogP contribution in [0, 0.1) is 12.8 Å². The third kappa shape index (κ3) is 3.54. The normalized spacial score (nSPS) is 15.9. The summed E-state index contributed by atoms with van der Waals surface area (Å²) < 4.78 is 0. The van der Waals surface area contributed by atoms with Gasteiger partial charge in [0.1, 0.15) is 0 Å². The van der Waals surface area contributed by atoms with E-state index < -0.39 is 0 Å². The molecule has 0 bridgehead atoms. The zero-order valence-electron chi connectivity index (χ0n) is 12.9. The standard InChI is InChI=1S/C16H23N3O2/c1-11-8-13(10-14(17)9-11)16(21)19-6-4-12(5-7-19)15(20)18(2)3/h8-10,12H,4-7,17H2,1-3H3. The van der Waals surface area contributed by atoms with Crippen molar-refractivity contribution in [3.8, 4) is 0 Å². The van der Waals surface area contributed by atoms with Gasteiger partial charge in [-0.25, -0.2) is 0 Å². The lowest BCUT2D eigenvalue weighted by Crippen LogP contribution is -2.42. The molecule has 2 rings (SSSR count). The van der Waals surface area contributed by atoms with Crippen LogP contribution in [-0.4, -0.2) is 48.8 Å². The van der Waals surface area contributed by atoms with Crippen molar-refractivity contribution < 1.29 is 9.59 Å². The molecule has 1 aromatic rings. The van der Waals surface area contributed by atoms with Crippen LogP contribution in [0.25, 0.3) is 0 Å². The molecule has 1 fully saturated rings. The van der Waals surface area contributed by atoms with E-state index in [1.807, 2.05) is 24.0 Å². The molecule has 0 atom stereocenters. The second kappa shape index (κ2) is 6.16. The topological polar surface area (TPSA) is 66.6 Å². The average molecular weight is 289 g/mol. The summed E-state index contributed by atoms with van der Waals surface area (Å²) in [5.41, 5.74) is 8.02. The zero-order chi connectivity index (χ0) is 15.6. The Labute approximate surface area is 125 Å². The van der Waals surface area contributed by atoms with E-state index in [0.29, 0.717) is 24.3 Å². The van der Waals surface area contributed by atoms with E-state index in [0.717, 1.165) is 18.4 Å². The molecular weight excluding hydrogens is 266 g/mol. The number of nitrogen functional groups attached to an aromatic ring is 1. The van der Waals surface area contributed by atoms with Gasteiger partial charge in [-0.15, -0.1) is 0 Å². The molecule has 0 spiro atoms. The van der Waals surface area contributed by atoms with Crippen LogP contribution in [0.4, 0.5) is 5.69 Å². The molecule has 114 valence electrons. The quantitative estimate of drug-likeness (QED) is 0.839. The predicted molar refractivity (Wildman–Crippen MR) is 82.9 cm³/mol. The molecule has 0 radical (unpaired) electrons. The zero-order valence-corrected chi connectivity index (χ0v) is 12.9. The number of hydrogen-bond donors (Lipinski definition) is 1. The van der Waals surface area contributed by atoms with Gasteiger partial charge in [-0.2, -0.15) is 0 Å². The Morgan fingerprint density at radius 3 is 2.33 bits per heavy atom. The highest BCUT2D eigenvalue weighted by molar-refractivity contribution is 5.95. The minimum absolute atomic E-state index is 0.00107. The van der Waals surface area contributed by atoms with Crippen LogP contribution in [-0.2, 0) is 4.79 Å². The second-order valence-corrected chi connectivity index (χ2v) is 5.93. The van der Waals surface area contributed by atoms with Crippen LogP contribution in [0.1, 0.15) is 28.8 Å². The van der Waals surface area contributed by atoms with Gasteiger partial charge in [0, 0.05) is 44.4 Å². The lowest BCUT2D eigenvalue weighted by atomic mass is 9.95. The molecule has 2 N–H and O–H groups in total. The first-order valence-corrected chi connectivity index (χ1v) is 7.26. The summed E-state index contributed by atoms with van der Waals surface area (Å²) >= 11 is 0. The van der Waals surface area contributed by atoms with Gasteiger partial charge in [-0.3, -0.25) is 9.59 Å². The van der Waals surface area contributed by atoms with E-state index in [9.17, 15) is 9.59 Å². The number of anilines is 1. The van der Waals surface area contributed by atoms with Crippen LogP contribution in [0.15, 0.2) is 18.2 Å². The highest BCUT2D eigenvalue weighted by Gasteiger charge is 2.28. The lowest BCUT2D eigenvalue weighted by molar-refractivity contribution is -0.134. The molecule has 5 nitrogen and oxygen atoms in total. The van der Waals surface area contributed by atoms with Crippen molar-refractivity contribution in [2.24, 2.45) is 5.92 Å². The Bertz CT molecular complexity index is 526. The van der Waals surface area contributed by atoms with E-state index in [1.54, 1.807) is 25.1 Å². The first kappa shape index (κ1) is 15.4. The minimum atomic E-state index is 0.00107. The molecule has 0 unspecified atom stereocenters. The Morgan fingerprint density at radius 2 is 1.81 bits per heavy atom. The molecule has 0 aromatic heterocycles. The van der Waals surface area contributed by atoms with Crippen molar-refractivity contribution in [3.05, 3.63) is 29.3 Å². The van der Waals surface area contributed by atoms with E-state index >= 15 is 0 Å². The van der Waals surface area contributed by atoms with Crippen LogP contribution >= 0.6 is 0 Å². The van der Waals surface area contributed by atoms with Gasteiger partial charge in [0.15, 0.2) is 0 Å². The molecule has 1 saturated heterocycles. The molecule has 1 aliphatic heterocycles. The summed E-state index contributed by atoms with van der Waals surface area (Å²) in [5, 5.41) is 0. The van der Waals surface area contributed by atoms with Gasteiger partial charge in [0.2, 0.25) is 5.91 Å². The van der Waals surface area contributed by atoms with Crippen molar-refractivity contribution in [1.29, 1.82) is 0 Å². The molecule has 5 heteroatoms. The Hall–Kier alpha value is -2.04. The van der Waals surface area contributed by atoms with E-state index in [1.165, 1.54) is 0 Å². The molecule has 1 aliphatic rings. The lowest BCUT2D eigenvalue weighted by Gasteiger charge is -2.32. The average Bonchev–Trinajstić information content (AvgIpc) is 2.44. The SMILES string of the molecule is Cc1cc(N)cc(C(=O)N2CCC(C(=O)N(C)C)CC2)c1. The second-order valence-electron chi connectivity index (χ2n) is 5.93. The number of likely N-dealkylation sites (tertiary alicyclic amines) is 1. The van der Waals surface area contributed by atoms with E-state index in [-0.39, 0.29) is 17.7 Å². The first-order valence-electron chi connectivity index (χ1n) is 7.26. The van der Waals surface area contributed by atoms with Crippen molar-refractivity contribution in [1.82, 2.24) is 9.80 Å². The largest absolute Gasteiger partial charge is 0.399 e. The van der Waals surface area contributed by atoms with Gasteiger partial charge < -0.3 is 15.5 Å². The van der Waals surface area contributed by atoms with Crippen molar-refractivity contribution in [3.63, 3.8) is 0 Å². The van der Waals surface area contributed by atoms with Gasteiger partial charge in [-0.1, -0.05) is 0 Å². The fourth-order valence-corrected chi connectivity index (χ4v) is 2.81. The summed E-state index contributed by atoms with van der Waals surface area (Å²) in [6, 6.07) is 5.42.